The van der Waals surface area contributed by atoms with E-state index in [0.717, 1.165) is 64.2 Å². The third-order valence-corrected chi connectivity index (χ3v) is 17.7. The number of hydrogen-bond acceptors (Lipinski definition) is 8. The molecule has 2 unspecified atom stereocenters. The zero-order chi connectivity index (χ0) is 66.1. The van der Waals surface area contributed by atoms with Crippen LogP contribution in [0.15, 0.2) is 60.8 Å². The molecule has 0 heterocycles. The lowest BCUT2D eigenvalue weighted by molar-refractivity contribution is -0.870. The number of rotatable bonds is 74. The lowest BCUT2D eigenvalue weighted by Crippen LogP contribution is -2.44. The zero-order valence-electron chi connectivity index (χ0n) is 61.0. The fourth-order valence-corrected chi connectivity index (χ4v) is 11.8. The van der Waals surface area contributed by atoms with Gasteiger partial charge in [0.2, 0.25) is 0 Å². The molecule has 0 aromatic rings. The van der Waals surface area contributed by atoms with E-state index in [4.69, 9.17) is 18.9 Å². The normalized spacial score (nSPS) is 12.9. The molecule has 0 N–H and O–H groups in total. The number of hydrogen-bond donors (Lipinski definition) is 0. The maximum Gasteiger partial charge on any atom is 0.306 e. The molecule has 0 saturated carbocycles. The fourth-order valence-electron chi connectivity index (χ4n) is 11.8. The maximum atomic E-state index is 13.0. The molecule has 2 atom stereocenters. The van der Waals surface area contributed by atoms with Crippen molar-refractivity contribution < 1.29 is 42.9 Å². The molecule has 0 aliphatic rings. The topological polar surface area (TPSA) is 111 Å². The second kappa shape index (κ2) is 72.8. The van der Waals surface area contributed by atoms with Crippen molar-refractivity contribution in [3.8, 4) is 0 Å². The van der Waals surface area contributed by atoms with Gasteiger partial charge in [0.15, 0.2) is 12.4 Å². The third-order valence-electron chi connectivity index (χ3n) is 17.7. The van der Waals surface area contributed by atoms with E-state index in [1.807, 2.05) is 21.1 Å². The standard InChI is InChI=1S/C82H151NO8/c1-6-8-10-12-14-16-18-20-22-24-26-28-30-32-33-34-35-36-37-38-39-40-41-42-43-44-45-46-47-49-51-53-55-57-59-61-63-65-67-69-71-73-80(85)91-78(77-90-82(81(86)87)88-75-74-83(3,4)5)76-89-79(84)72-70-68-66-64-62-60-58-56-54-52-50-48-31-29-27-25-23-21-19-17-15-13-11-9-7-2/h8,10,14,16,20,22,25-28,78,82H,6-7,9,11-13,15,17-19,21,23-24,29-77H2,1-5H3/b10-8-,16-14-,22-20-,27-25-,28-26-. The van der Waals surface area contributed by atoms with Gasteiger partial charge in [-0.25, -0.2) is 0 Å². The smallest absolute Gasteiger partial charge is 0.306 e. The predicted molar refractivity (Wildman–Crippen MR) is 389 cm³/mol. The first-order chi connectivity index (χ1) is 44.6. The van der Waals surface area contributed by atoms with E-state index in [9.17, 15) is 19.5 Å². The van der Waals surface area contributed by atoms with E-state index < -0.39 is 24.3 Å². The summed E-state index contributed by atoms with van der Waals surface area (Å²) in [7, 11) is 5.95. The molecule has 0 aromatic carbocycles. The van der Waals surface area contributed by atoms with Crippen LogP contribution in [0, 0.1) is 0 Å². The van der Waals surface area contributed by atoms with E-state index in [1.165, 1.54) is 295 Å². The number of allylic oxidation sites excluding steroid dienone is 10. The predicted octanol–water partition coefficient (Wildman–Crippen LogP) is 23.7. The molecule has 0 aliphatic heterocycles. The van der Waals surface area contributed by atoms with Crippen LogP contribution in [-0.4, -0.2) is 82.3 Å². The maximum absolute atomic E-state index is 13.0. The summed E-state index contributed by atoms with van der Waals surface area (Å²) in [6.07, 6.45) is 93.5. The quantitative estimate of drug-likeness (QED) is 0.0195. The van der Waals surface area contributed by atoms with Gasteiger partial charge in [-0.3, -0.25) is 9.59 Å². The summed E-state index contributed by atoms with van der Waals surface area (Å²) < 4.78 is 22.9. The highest BCUT2D eigenvalue weighted by Gasteiger charge is 2.22. The summed E-state index contributed by atoms with van der Waals surface area (Å²) in [5.74, 6) is -2.25. The number of carbonyl (C=O) groups is 3. The van der Waals surface area contributed by atoms with Crippen molar-refractivity contribution in [3.05, 3.63) is 60.8 Å². The Morgan fingerprint density at radius 1 is 0.341 bits per heavy atom. The van der Waals surface area contributed by atoms with Gasteiger partial charge in [-0.05, 0) is 77.0 Å². The molecule has 0 spiro atoms. The first-order valence-electron chi connectivity index (χ1n) is 39.4. The SMILES string of the molecule is CC/C=C\C/C=C\C/C=C\C/C=C\CCCCCCCCCCCCCCCCCCCCCCCCCCCCCCC(=O)OC(COC(=O)CCCCCCCCCCCCCCC/C=C\CCCCCCCCCC)COC(OCC[N+](C)(C)C)C(=O)[O-]. The number of nitrogens with zero attached hydrogens (tertiary/aromatic N) is 1. The highest BCUT2D eigenvalue weighted by molar-refractivity contribution is 5.70. The van der Waals surface area contributed by atoms with Crippen LogP contribution in [0.2, 0.25) is 0 Å². The van der Waals surface area contributed by atoms with Crippen LogP contribution in [0.25, 0.3) is 0 Å². The monoisotopic (exact) mass is 1280 g/mol. The van der Waals surface area contributed by atoms with Crippen molar-refractivity contribution in [1.29, 1.82) is 0 Å². The van der Waals surface area contributed by atoms with E-state index in [1.54, 1.807) is 0 Å². The summed E-state index contributed by atoms with van der Waals surface area (Å²) in [6.45, 7) is 4.70. The van der Waals surface area contributed by atoms with Crippen LogP contribution in [0.3, 0.4) is 0 Å². The lowest BCUT2D eigenvalue weighted by atomic mass is 10.0. The van der Waals surface area contributed by atoms with Gasteiger partial charge in [0.25, 0.3) is 0 Å². The summed E-state index contributed by atoms with van der Waals surface area (Å²) >= 11 is 0. The minimum Gasteiger partial charge on any atom is -0.545 e. The molecule has 0 amide bonds. The minimum atomic E-state index is -1.62. The molecule has 0 bridgehead atoms. The summed E-state index contributed by atoms with van der Waals surface area (Å²) in [5.41, 5.74) is 0. The Hall–Kier alpha value is -3.01. The van der Waals surface area contributed by atoms with Crippen molar-refractivity contribution in [3.63, 3.8) is 0 Å². The van der Waals surface area contributed by atoms with E-state index in [2.05, 4.69) is 74.6 Å². The van der Waals surface area contributed by atoms with Crippen molar-refractivity contribution >= 4 is 17.9 Å². The first kappa shape index (κ1) is 88.0. The van der Waals surface area contributed by atoms with Crippen LogP contribution in [0.5, 0.6) is 0 Å². The number of aliphatic carboxylic acids is 1. The molecule has 91 heavy (non-hydrogen) atoms. The number of ether oxygens (including phenoxy) is 4. The number of carboxylic acids is 1. The van der Waals surface area contributed by atoms with Crippen molar-refractivity contribution in [1.82, 2.24) is 0 Å². The Morgan fingerprint density at radius 2 is 0.626 bits per heavy atom. The molecule has 0 aliphatic carbocycles. The number of carbonyl (C=O) groups excluding carboxylic acids is 3. The second-order valence-corrected chi connectivity index (χ2v) is 28.0. The Bertz CT molecular complexity index is 1680. The molecular weight excluding hydrogens is 1130 g/mol. The second-order valence-electron chi connectivity index (χ2n) is 28.0. The van der Waals surface area contributed by atoms with Crippen molar-refractivity contribution in [2.24, 2.45) is 0 Å². The Kier molecular flexibility index (Phi) is 70.4. The van der Waals surface area contributed by atoms with Gasteiger partial charge in [0.05, 0.1) is 40.3 Å². The molecule has 0 rings (SSSR count). The molecule has 9 nitrogen and oxygen atoms in total. The van der Waals surface area contributed by atoms with Crippen molar-refractivity contribution in [2.75, 3.05) is 47.5 Å². The van der Waals surface area contributed by atoms with E-state index in [0.29, 0.717) is 17.4 Å². The highest BCUT2D eigenvalue weighted by Crippen LogP contribution is 2.19. The number of esters is 2. The minimum absolute atomic E-state index is 0.150. The summed E-state index contributed by atoms with van der Waals surface area (Å²) in [4.78, 5) is 37.6. The van der Waals surface area contributed by atoms with E-state index >= 15 is 0 Å². The Labute approximate surface area is 565 Å². The van der Waals surface area contributed by atoms with Crippen LogP contribution in [0.4, 0.5) is 0 Å². The number of unbranched alkanes of at least 4 members (excludes halogenated alkanes) is 49. The molecule has 0 saturated heterocycles. The molecule has 532 valence electrons. The average Bonchev–Trinajstić information content (AvgIpc) is 3.53. The molecule has 0 radical (unpaired) electrons. The molecule has 0 fully saturated rings. The first-order valence-corrected chi connectivity index (χ1v) is 39.4. The van der Waals surface area contributed by atoms with Gasteiger partial charge in [-0.1, -0.05) is 357 Å². The lowest BCUT2D eigenvalue weighted by Gasteiger charge is -2.26. The average molecular weight is 1280 g/mol. The molecule has 9 heteroatoms. The Balaban J connectivity index is 3.94. The van der Waals surface area contributed by atoms with Gasteiger partial charge in [0.1, 0.15) is 13.2 Å². The third kappa shape index (κ3) is 74.3. The number of carboxylic acid groups (broad SMARTS) is 1. The van der Waals surface area contributed by atoms with Crippen LogP contribution in [0.1, 0.15) is 386 Å². The largest absolute Gasteiger partial charge is 0.545 e. The summed E-state index contributed by atoms with van der Waals surface area (Å²) in [5, 5.41) is 11.8. The number of quaternary nitrogens is 1. The number of likely N-dealkylation sites (N-methyl/N-ethyl adjacent to an activating group) is 1. The fraction of sp³-hybridized carbons (Fsp3) is 0.841. The van der Waals surface area contributed by atoms with Gasteiger partial charge >= 0.3 is 11.9 Å². The molecular formula is C82H151NO8. The van der Waals surface area contributed by atoms with Gasteiger partial charge in [-0.15, -0.1) is 0 Å². The van der Waals surface area contributed by atoms with Crippen LogP contribution >= 0.6 is 0 Å². The van der Waals surface area contributed by atoms with Gasteiger partial charge in [0, 0.05) is 12.8 Å². The summed E-state index contributed by atoms with van der Waals surface area (Å²) in [6, 6.07) is 0. The molecule has 0 aromatic heterocycles. The van der Waals surface area contributed by atoms with Crippen LogP contribution in [-0.2, 0) is 33.3 Å². The van der Waals surface area contributed by atoms with Crippen LogP contribution < -0.4 is 5.11 Å². The zero-order valence-corrected chi connectivity index (χ0v) is 61.0. The Morgan fingerprint density at radius 3 is 0.945 bits per heavy atom. The van der Waals surface area contributed by atoms with Gasteiger partial charge < -0.3 is 33.3 Å². The van der Waals surface area contributed by atoms with Gasteiger partial charge in [-0.2, -0.15) is 0 Å². The highest BCUT2D eigenvalue weighted by atomic mass is 16.7. The van der Waals surface area contributed by atoms with Crippen molar-refractivity contribution in [2.45, 2.75) is 399 Å². The van der Waals surface area contributed by atoms with E-state index in [-0.39, 0.29) is 32.2 Å².